The van der Waals surface area contributed by atoms with Crippen LogP contribution in [0.1, 0.15) is 19.8 Å². The van der Waals surface area contributed by atoms with Gasteiger partial charge in [-0.3, -0.25) is 0 Å². The van der Waals surface area contributed by atoms with Crippen LogP contribution in [0.3, 0.4) is 0 Å². The van der Waals surface area contributed by atoms with E-state index in [9.17, 15) is 8.42 Å². The molecule has 0 spiro atoms. The normalized spacial score (nSPS) is 25.2. The zero-order chi connectivity index (χ0) is 8.32. The molecule has 0 radical (unpaired) electrons. The van der Waals surface area contributed by atoms with Gasteiger partial charge in [-0.15, -0.1) is 0 Å². The standard InChI is InChI=1S/C7H15NO2S/c1-2-8-7-3-5-11(9,10)6-4-7/h7-8H,2-6H2,1H3. The molecule has 0 amide bonds. The van der Waals surface area contributed by atoms with E-state index >= 15 is 0 Å². The van der Waals surface area contributed by atoms with Crippen molar-refractivity contribution in [2.24, 2.45) is 0 Å². The van der Waals surface area contributed by atoms with E-state index in [1.807, 2.05) is 6.92 Å². The van der Waals surface area contributed by atoms with Gasteiger partial charge in [-0.1, -0.05) is 6.92 Å². The summed E-state index contributed by atoms with van der Waals surface area (Å²) < 4.78 is 21.9. The largest absolute Gasteiger partial charge is 0.314 e. The molecule has 1 rings (SSSR count). The second kappa shape index (κ2) is 3.54. The summed E-state index contributed by atoms with van der Waals surface area (Å²) in [6, 6.07) is 0.434. The minimum atomic E-state index is -2.67. The average molecular weight is 177 g/mol. The summed E-state index contributed by atoms with van der Waals surface area (Å²) >= 11 is 0. The molecule has 11 heavy (non-hydrogen) atoms. The summed E-state index contributed by atoms with van der Waals surface area (Å²) in [5.74, 6) is 0.731. The molecule has 1 fully saturated rings. The fraction of sp³-hybridized carbons (Fsp3) is 1.00. The molecular weight excluding hydrogens is 162 g/mol. The maximum absolute atomic E-state index is 11.0. The van der Waals surface area contributed by atoms with Crippen LogP contribution in [0.2, 0.25) is 0 Å². The van der Waals surface area contributed by atoms with E-state index in [1.165, 1.54) is 0 Å². The Kier molecular flexibility index (Phi) is 2.90. The quantitative estimate of drug-likeness (QED) is 0.654. The van der Waals surface area contributed by atoms with Crippen molar-refractivity contribution >= 4 is 9.84 Å². The van der Waals surface area contributed by atoms with Crippen LogP contribution in [0, 0.1) is 0 Å². The second-order valence-corrected chi connectivity index (χ2v) is 5.29. The Balaban J connectivity index is 2.36. The van der Waals surface area contributed by atoms with Gasteiger partial charge in [0.15, 0.2) is 0 Å². The van der Waals surface area contributed by atoms with Crippen molar-refractivity contribution in [3.63, 3.8) is 0 Å². The molecule has 66 valence electrons. The molecule has 1 aliphatic rings. The molecule has 0 atom stereocenters. The van der Waals surface area contributed by atoms with Crippen molar-refractivity contribution < 1.29 is 8.42 Å². The summed E-state index contributed by atoms with van der Waals surface area (Å²) in [5.41, 5.74) is 0. The summed E-state index contributed by atoms with van der Waals surface area (Å²) in [6.45, 7) is 2.98. The zero-order valence-electron chi connectivity index (χ0n) is 6.84. The molecule has 1 aliphatic heterocycles. The molecule has 0 aromatic heterocycles. The van der Waals surface area contributed by atoms with Crippen LogP contribution in [0.25, 0.3) is 0 Å². The number of sulfone groups is 1. The van der Waals surface area contributed by atoms with Crippen molar-refractivity contribution in [1.82, 2.24) is 5.32 Å². The monoisotopic (exact) mass is 177 g/mol. The van der Waals surface area contributed by atoms with E-state index in [-0.39, 0.29) is 0 Å². The molecule has 0 unspecified atom stereocenters. The zero-order valence-corrected chi connectivity index (χ0v) is 7.65. The van der Waals surface area contributed by atoms with Crippen LogP contribution >= 0.6 is 0 Å². The highest BCUT2D eigenvalue weighted by molar-refractivity contribution is 7.91. The van der Waals surface area contributed by atoms with E-state index in [0.717, 1.165) is 19.4 Å². The maximum atomic E-state index is 11.0. The highest BCUT2D eigenvalue weighted by atomic mass is 32.2. The summed E-state index contributed by atoms with van der Waals surface area (Å²) in [4.78, 5) is 0. The molecule has 0 aliphatic carbocycles. The lowest BCUT2D eigenvalue weighted by molar-refractivity contribution is 0.475. The molecule has 0 bridgehead atoms. The Labute approximate surface area is 68.1 Å². The van der Waals surface area contributed by atoms with Crippen molar-refractivity contribution in [3.05, 3.63) is 0 Å². The van der Waals surface area contributed by atoms with Gasteiger partial charge < -0.3 is 5.32 Å². The Bertz CT molecular complexity index is 196. The molecule has 0 saturated carbocycles. The lowest BCUT2D eigenvalue weighted by atomic mass is 10.1. The van der Waals surface area contributed by atoms with Gasteiger partial charge >= 0.3 is 0 Å². The van der Waals surface area contributed by atoms with Crippen molar-refractivity contribution in [2.75, 3.05) is 18.1 Å². The fourth-order valence-corrected chi connectivity index (χ4v) is 2.87. The molecule has 3 nitrogen and oxygen atoms in total. The SMILES string of the molecule is CCNC1CCS(=O)(=O)CC1. The van der Waals surface area contributed by atoms with Crippen molar-refractivity contribution in [3.8, 4) is 0 Å². The summed E-state index contributed by atoms with van der Waals surface area (Å²) in [7, 11) is -2.67. The molecule has 0 aromatic carbocycles. The molecule has 1 N–H and O–H groups in total. The Morgan fingerprint density at radius 2 is 1.91 bits per heavy atom. The van der Waals surface area contributed by atoms with Gasteiger partial charge in [-0.2, -0.15) is 0 Å². The topological polar surface area (TPSA) is 46.2 Å². The first-order valence-corrected chi connectivity index (χ1v) is 5.90. The number of hydrogen-bond donors (Lipinski definition) is 1. The third-order valence-corrected chi connectivity index (χ3v) is 3.76. The first-order chi connectivity index (χ1) is 5.14. The van der Waals surface area contributed by atoms with E-state index < -0.39 is 9.84 Å². The van der Waals surface area contributed by atoms with E-state index in [4.69, 9.17) is 0 Å². The van der Waals surface area contributed by atoms with Crippen LogP contribution in [-0.2, 0) is 9.84 Å². The third-order valence-electron chi connectivity index (χ3n) is 2.05. The number of rotatable bonds is 2. The van der Waals surface area contributed by atoms with Gasteiger partial charge in [0.25, 0.3) is 0 Å². The third kappa shape index (κ3) is 2.79. The molecular formula is C7H15NO2S. The van der Waals surface area contributed by atoms with Crippen molar-refractivity contribution in [2.45, 2.75) is 25.8 Å². The molecule has 1 heterocycles. The van der Waals surface area contributed by atoms with E-state index in [0.29, 0.717) is 17.5 Å². The van der Waals surface area contributed by atoms with Gasteiger partial charge in [0.2, 0.25) is 0 Å². The van der Waals surface area contributed by atoms with Crippen LogP contribution in [0.15, 0.2) is 0 Å². The Morgan fingerprint density at radius 1 is 1.36 bits per heavy atom. The van der Waals surface area contributed by atoms with Crippen LogP contribution in [0.5, 0.6) is 0 Å². The lowest BCUT2D eigenvalue weighted by Gasteiger charge is -2.22. The lowest BCUT2D eigenvalue weighted by Crippen LogP contribution is -2.37. The van der Waals surface area contributed by atoms with Gasteiger partial charge in [0.05, 0.1) is 11.5 Å². The minimum Gasteiger partial charge on any atom is -0.314 e. The number of nitrogens with one attached hydrogen (secondary N) is 1. The van der Waals surface area contributed by atoms with Crippen molar-refractivity contribution in [1.29, 1.82) is 0 Å². The Hall–Kier alpha value is -0.0900. The highest BCUT2D eigenvalue weighted by Crippen LogP contribution is 2.11. The Morgan fingerprint density at radius 3 is 2.36 bits per heavy atom. The predicted molar refractivity (Wildman–Crippen MR) is 45.4 cm³/mol. The average Bonchev–Trinajstić information content (AvgIpc) is 1.94. The van der Waals surface area contributed by atoms with Gasteiger partial charge in [0.1, 0.15) is 9.84 Å². The van der Waals surface area contributed by atoms with Crippen LogP contribution in [0.4, 0.5) is 0 Å². The molecule has 0 aromatic rings. The van der Waals surface area contributed by atoms with Crippen LogP contribution < -0.4 is 5.32 Å². The second-order valence-electron chi connectivity index (χ2n) is 2.98. The first kappa shape index (κ1) is 9.00. The first-order valence-electron chi connectivity index (χ1n) is 4.08. The van der Waals surface area contributed by atoms with E-state index in [2.05, 4.69) is 5.32 Å². The number of hydrogen-bond acceptors (Lipinski definition) is 3. The van der Waals surface area contributed by atoms with Gasteiger partial charge in [-0.25, -0.2) is 8.42 Å². The highest BCUT2D eigenvalue weighted by Gasteiger charge is 2.22. The predicted octanol–water partition coefficient (Wildman–Crippen LogP) is 0.173. The van der Waals surface area contributed by atoms with Crippen LogP contribution in [-0.4, -0.2) is 32.5 Å². The maximum Gasteiger partial charge on any atom is 0.150 e. The summed E-state index contributed by atoms with van der Waals surface area (Å²) in [6.07, 6.45) is 1.58. The fourth-order valence-electron chi connectivity index (χ4n) is 1.38. The van der Waals surface area contributed by atoms with Gasteiger partial charge in [0, 0.05) is 6.04 Å². The summed E-state index contributed by atoms with van der Waals surface area (Å²) in [5, 5.41) is 3.26. The smallest absolute Gasteiger partial charge is 0.150 e. The molecule has 4 heteroatoms. The molecule has 1 saturated heterocycles. The minimum absolute atomic E-state index is 0.366. The van der Waals surface area contributed by atoms with Gasteiger partial charge in [-0.05, 0) is 19.4 Å². The van der Waals surface area contributed by atoms with E-state index in [1.54, 1.807) is 0 Å².